The third kappa shape index (κ3) is 3.88. The third-order valence-electron chi connectivity index (χ3n) is 3.27. The second-order valence-electron chi connectivity index (χ2n) is 5.20. The highest BCUT2D eigenvalue weighted by molar-refractivity contribution is 6.47. The molecule has 2 radical (unpaired) electrons. The fourth-order valence-electron chi connectivity index (χ4n) is 1.25. The Labute approximate surface area is 110 Å². The van der Waals surface area contributed by atoms with Gasteiger partial charge in [0.15, 0.2) is 0 Å². The summed E-state index contributed by atoms with van der Waals surface area (Å²) in [5, 5.41) is 2.61. The van der Waals surface area contributed by atoms with E-state index in [-0.39, 0.29) is 11.5 Å². The Hall–Kier alpha value is -1.29. The quantitative estimate of drug-likeness (QED) is 0.803. The van der Waals surface area contributed by atoms with Crippen LogP contribution in [0.1, 0.15) is 38.1 Å². The molecule has 0 aliphatic heterocycles. The number of benzene rings is 1. The second kappa shape index (κ2) is 6.05. The number of amides is 1. The predicted octanol–water partition coefficient (Wildman–Crippen LogP) is 1.74. The van der Waals surface area contributed by atoms with Gasteiger partial charge in [0.05, 0.1) is 0 Å². The number of nitrogens with one attached hydrogen (secondary N) is 1. The predicted molar refractivity (Wildman–Crippen MR) is 75.2 cm³/mol. The normalized spacial score (nSPS) is 11.7. The van der Waals surface area contributed by atoms with Crippen LogP contribution in [0.2, 0.25) is 0 Å². The van der Waals surface area contributed by atoms with Crippen LogP contribution >= 0.6 is 0 Å². The van der Waals surface area contributed by atoms with E-state index in [4.69, 9.17) is 4.65 Å². The molecule has 3 nitrogen and oxygen atoms in total. The lowest BCUT2D eigenvalue weighted by atomic mass is 9.83. The molecule has 0 saturated heterocycles. The van der Waals surface area contributed by atoms with Gasteiger partial charge in [0.2, 0.25) is 0 Å². The van der Waals surface area contributed by atoms with Crippen LogP contribution < -0.4 is 10.8 Å². The molecule has 0 heterocycles. The molecule has 0 aliphatic carbocycles. The average Bonchev–Trinajstić information content (AvgIpc) is 2.35. The molecule has 0 spiro atoms. The fraction of sp³-hybridized carbons (Fsp3) is 0.500. The van der Waals surface area contributed by atoms with Crippen molar-refractivity contribution in [1.82, 2.24) is 5.32 Å². The number of hydrogen-bond acceptors (Lipinski definition) is 2. The first-order valence-corrected chi connectivity index (χ1v) is 6.20. The summed E-state index contributed by atoms with van der Waals surface area (Å²) in [5.41, 5.74) is 1.31. The Morgan fingerprint density at radius 3 is 2.61 bits per heavy atom. The van der Waals surface area contributed by atoms with Crippen molar-refractivity contribution in [2.45, 2.75) is 33.3 Å². The Balaban J connectivity index is 2.72. The highest BCUT2D eigenvalue weighted by Crippen LogP contribution is 2.19. The zero-order valence-corrected chi connectivity index (χ0v) is 11.8. The molecule has 0 aromatic heterocycles. The molecule has 0 aliphatic rings. The lowest BCUT2D eigenvalue weighted by Gasteiger charge is -2.39. The fourth-order valence-corrected chi connectivity index (χ4v) is 1.25. The summed E-state index contributed by atoms with van der Waals surface area (Å²) in [6, 6.07) is 7.37. The van der Waals surface area contributed by atoms with Gasteiger partial charge in [0, 0.05) is 18.2 Å². The summed E-state index contributed by atoms with van der Waals surface area (Å²) in [5.74, 6) is 0.323. The van der Waals surface area contributed by atoms with Crippen LogP contribution in [0.15, 0.2) is 24.3 Å². The van der Waals surface area contributed by atoms with Crippen molar-refractivity contribution in [1.29, 1.82) is 0 Å². The molecule has 98 valence electrons. The van der Waals surface area contributed by atoms with Crippen LogP contribution in [-0.2, 0) is 4.65 Å². The molecule has 1 aromatic rings. The van der Waals surface area contributed by atoms with Gasteiger partial charge < -0.3 is 9.97 Å². The molecule has 4 heteroatoms. The van der Waals surface area contributed by atoms with Crippen LogP contribution in [0.25, 0.3) is 0 Å². The molecule has 0 unspecified atom stereocenters. The van der Waals surface area contributed by atoms with Gasteiger partial charge in [-0.05, 0) is 25.8 Å². The summed E-state index contributed by atoms with van der Waals surface area (Å²) in [6.45, 7) is 8.34. The minimum absolute atomic E-state index is 0.0895. The Bertz CT molecular complexity index is 416. The van der Waals surface area contributed by atoms with E-state index < -0.39 is 0 Å². The van der Waals surface area contributed by atoms with Gasteiger partial charge in [-0.15, -0.1) is 13.5 Å². The first kappa shape index (κ1) is 14.8. The van der Waals surface area contributed by atoms with Crippen molar-refractivity contribution in [2.24, 2.45) is 5.92 Å². The maximum atomic E-state index is 11.5. The van der Waals surface area contributed by atoms with E-state index in [1.807, 2.05) is 18.2 Å². The molecular weight excluding hydrogens is 225 g/mol. The van der Waals surface area contributed by atoms with E-state index in [1.54, 1.807) is 20.6 Å². The van der Waals surface area contributed by atoms with Crippen molar-refractivity contribution < 1.29 is 9.45 Å². The highest BCUT2D eigenvalue weighted by Gasteiger charge is 2.17. The lowest BCUT2D eigenvalue weighted by Crippen LogP contribution is -2.36. The standard InChI is InChI=1S/C14H21BNO2/c1-10(2)14(3,4)18-15-12-8-6-7-11(9-12)13(17)16-5/h6-10H,1-5H3,(H,16,17)/q-1. The van der Waals surface area contributed by atoms with Crippen LogP contribution in [0.4, 0.5) is 0 Å². The molecule has 1 N–H and O–H groups in total. The van der Waals surface area contributed by atoms with Crippen LogP contribution in [0, 0.1) is 5.92 Å². The minimum Gasteiger partial charge on any atom is -0.651 e. The van der Waals surface area contributed by atoms with E-state index in [9.17, 15) is 4.79 Å². The summed E-state index contributed by atoms with van der Waals surface area (Å²) >= 11 is 0. The van der Waals surface area contributed by atoms with Gasteiger partial charge in [-0.1, -0.05) is 26.0 Å². The van der Waals surface area contributed by atoms with Crippen molar-refractivity contribution in [2.75, 3.05) is 7.05 Å². The van der Waals surface area contributed by atoms with Crippen molar-refractivity contribution in [3.05, 3.63) is 29.8 Å². The zero-order valence-electron chi connectivity index (χ0n) is 11.8. The van der Waals surface area contributed by atoms with Gasteiger partial charge in [-0.2, -0.15) is 0 Å². The monoisotopic (exact) mass is 246 g/mol. The molecule has 0 bridgehead atoms. The first-order valence-electron chi connectivity index (χ1n) is 6.20. The van der Waals surface area contributed by atoms with E-state index >= 15 is 0 Å². The maximum Gasteiger partial charge on any atom is 0.250 e. The Morgan fingerprint density at radius 2 is 2.06 bits per heavy atom. The molecule has 1 amide bonds. The summed E-state index contributed by atoms with van der Waals surface area (Å²) in [6.07, 6.45) is 0. The number of rotatable bonds is 5. The molecule has 1 aromatic carbocycles. The van der Waals surface area contributed by atoms with Crippen LogP contribution in [-0.4, -0.2) is 26.0 Å². The van der Waals surface area contributed by atoms with Gasteiger partial charge >= 0.3 is 0 Å². The molecular formula is C14H21BNO2-. The smallest absolute Gasteiger partial charge is 0.250 e. The SMILES string of the molecule is CNC(=O)c1cccc([B-]OC(C)(C)C(C)C)c1. The molecule has 18 heavy (non-hydrogen) atoms. The Kier molecular flexibility index (Phi) is 4.97. The van der Waals surface area contributed by atoms with E-state index in [2.05, 4.69) is 33.0 Å². The Morgan fingerprint density at radius 1 is 1.39 bits per heavy atom. The lowest BCUT2D eigenvalue weighted by molar-refractivity contribution is 0.0668. The van der Waals surface area contributed by atoms with E-state index in [1.165, 1.54) is 0 Å². The van der Waals surface area contributed by atoms with Gasteiger partial charge in [0.25, 0.3) is 5.91 Å². The van der Waals surface area contributed by atoms with Crippen LogP contribution in [0.3, 0.4) is 0 Å². The van der Waals surface area contributed by atoms with E-state index in [0.29, 0.717) is 11.5 Å². The van der Waals surface area contributed by atoms with Gasteiger partial charge in [-0.3, -0.25) is 4.79 Å². The topological polar surface area (TPSA) is 38.3 Å². The minimum atomic E-state index is -0.219. The average molecular weight is 246 g/mol. The van der Waals surface area contributed by atoms with Crippen molar-refractivity contribution in [3.63, 3.8) is 0 Å². The number of carbonyl (C=O) groups is 1. The van der Waals surface area contributed by atoms with E-state index in [0.717, 1.165) is 5.46 Å². The third-order valence-corrected chi connectivity index (χ3v) is 3.27. The number of hydrogen-bond donors (Lipinski definition) is 1. The molecule has 1 rings (SSSR count). The van der Waals surface area contributed by atoms with Crippen molar-refractivity contribution in [3.8, 4) is 0 Å². The van der Waals surface area contributed by atoms with Crippen molar-refractivity contribution >= 4 is 18.9 Å². The summed E-state index contributed by atoms with van der Waals surface area (Å²) < 4.78 is 5.79. The van der Waals surface area contributed by atoms with Crippen LogP contribution in [0.5, 0.6) is 0 Å². The molecule has 0 saturated carbocycles. The first-order chi connectivity index (χ1) is 8.36. The maximum absolute atomic E-state index is 11.5. The van der Waals surface area contributed by atoms with Gasteiger partial charge in [-0.25, -0.2) is 5.46 Å². The molecule has 0 atom stereocenters. The summed E-state index contributed by atoms with van der Waals surface area (Å²) in [7, 11) is 3.34. The molecule has 0 fully saturated rings. The summed E-state index contributed by atoms with van der Waals surface area (Å²) in [4.78, 5) is 11.5. The van der Waals surface area contributed by atoms with Gasteiger partial charge in [0.1, 0.15) is 0 Å². The second-order valence-corrected chi connectivity index (χ2v) is 5.20. The number of carbonyl (C=O) groups excluding carboxylic acids is 1. The largest absolute Gasteiger partial charge is 0.651 e. The zero-order chi connectivity index (χ0) is 13.8. The highest BCUT2D eigenvalue weighted by atomic mass is 16.5.